The van der Waals surface area contributed by atoms with E-state index in [0.717, 1.165) is 10.5 Å². The van der Waals surface area contributed by atoms with Gasteiger partial charge in [-0.3, -0.25) is 0 Å². The summed E-state index contributed by atoms with van der Waals surface area (Å²) in [5.74, 6) is 0. The van der Waals surface area contributed by atoms with Crippen LogP contribution in [0.4, 0.5) is 0 Å². The number of benzene rings is 2. The zero-order valence-electron chi connectivity index (χ0n) is 15.9. The standard InChI is InChI=1S/C20H19Cl2N3O4S/c1-26-18-16(24-25-23)17-14(10-27-19(29-17)11-5-3-2-4-6-11)28-20(18)30-15-9-12(21)7-8-13(15)22/h2-9,14,16-20H,10H2,1H3/t14?,16-,17-,18?,19?,20+/m0/s1. The molecule has 7 nitrogen and oxygen atoms in total. The van der Waals surface area contributed by atoms with E-state index in [0.29, 0.717) is 16.7 Å². The lowest BCUT2D eigenvalue weighted by atomic mass is 9.96. The molecule has 2 heterocycles. The molecule has 2 aliphatic heterocycles. The molecule has 2 aromatic rings. The molecule has 4 rings (SSSR count). The lowest BCUT2D eigenvalue weighted by molar-refractivity contribution is -0.298. The van der Waals surface area contributed by atoms with Crippen molar-refractivity contribution in [2.24, 2.45) is 5.11 Å². The van der Waals surface area contributed by atoms with E-state index < -0.39 is 36.1 Å². The first-order valence-electron chi connectivity index (χ1n) is 9.27. The van der Waals surface area contributed by atoms with E-state index in [1.54, 1.807) is 25.3 Å². The molecule has 158 valence electrons. The third-order valence-electron chi connectivity index (χ3n) is 4.97. The number of hydrogen-bond acceptors (Lipinski definition) is 6. The van der Waals surface area contributed by atoms with Gasteiger partial charge in [-0.05, 0) is 23.7 Å². The smallest absolute Gasteiger partial charge is 0.184 e. The van der Waals surface area contributed by atoms with Crippen molar-refractivity contribution in [1.29, 1.82) is 0 Å². The molecule has 2 aliphatic rings. The minimum atomic E-state index is -0.607. The van der Waals surface area contributed by atoms with Crippen LogP contribution in [0.3, 0.4) is 0 Å². The highest BCUT2D eigenvalue weighted by atomic mass is 35.5. The number of fused-ring (bicyclic) bond motifs is 1. The number of rotatable bonds is 5. The van der Waals surface area contributed by atoms with Gasteiger partial charge < -0.3 is 18.9 Å². The lowest BCUT2D eigenvalue weighted by Crippen LogP contribution is -2.60. The molecule has 2 saturated heterocycles. The number of thioether (sulfide) groups is 1. The largest absolute Gasteiger partial charge is 0.377 e. The Kier molecular flexibility index (Phi) is 7.08. The summed E-state index contributed by atoms with van der Waals surface area (Å²) >= 11 is 13.8. The van der Waals surface area contributed by atoms with E-state index in [1.807, 2.05) is 30.3 Å². The highest BCUT2D eigenvalue weighted by Crippen LogP contribution is 2.42. The molecule has 0 amide bonds. The number of methoxy groups -OCH3 is 1. The second-order valence-electron chi connectivity index (χ2n) is 6.81. The monoisotopic (exact) mass is 467 g/mol. The fourth-order valence-corrected chi connectivity index (χ4v) is 5.29. The average Bonchev–Trinajstić information content (AvgIpc) is 2.77. The van der Waals surface area contributed by atoms with Crippen LogP contribution < -0.4 is 0 Å². The Morgan fingerprint density at radius 2 is 1.97 bits per heavy atom. The van der Waals surface area contributed by atoms with Gasteiger partial charge in [0.05, 0.1) is 17.7 Å². The quantitative estimate of drug-likeness (QED) is 0.323. The van der Waals surface area contributed by atoms with Crippen molar-refractivity contribution in [1.82, 2.24) is 0 Å². The van der Waals surface area contributed by atoms with Gasteiger partial charge in [0, 0.05) is 27.5 Å². The zero-order chi connectivity index (χ0) is 21.1. The molecule has 0 radical (unpaired) electrons. The first-order valence-corrected chi connectivity index (χ1v) is 10.9. The Bertz CT molecular complexity index is 932. The first kappa shape index (κ1) is 21.7. The molecule has 0 saturated carbocycles. The summed E-state index contributed by atoms with van der Waals surface area (Å²) in [5.41, 5.74) is 9.58. The van der Waals surface area contributed by atoms with Gasteiger partial charge in [0.15, 0.2) is 6.29 Å². The second kappa shape index (κ2) is 9.77. The van der Waals surface area contributed by atoms with Gasteiger partial charge in [0.1, 0.15) is 23.7 Å². The Balaban J connectivity index is 1.59. The van der Waals surface area contributed by atoms with Crippen LogP contribution >= 0.6 is 35.0 Å². The van der Waals surface area contributed by atoms with Crippen molar-refractivity contribution in [2.75, 3.05) is 13.7 Å². The van der Waals surface area contributed by atoms with Gasteiger partial charge in [-0.1, -0.05) is 70.4 Å². The molecule has 0 aromatic heterocycles. The van der Waals surface area contributed by atoms with Crippen LogP contribution in [0.15, 0.2) is 58.5 Å². The molecule has 0 bridgehead atoms. The molecule has 2 aromatic carbocycles. The minimum Gasteiger partial charge on any atom is -0.377 e. The van der Waals surface area contributed by atoms with Crippen molar-refractivity contribution in [2.45, 2.75) is 41.0 Å². The SMILES string of the molecule is COC1[C@@H](Sc2cc(Cl)ccc2Cl)OC2COC(c3ccccc3)O[C@@H]2[C@@H]1N=[N+]=[N-]. The van der Waals surface area contributed by atoms with Crippen LogP contribution in [0.25, 0.3) is 10.4 Å². The fourth-order valence-electron chi connectivity index (χ4n) is 3.58. The van der Waals surface area contributed by atoms with E-state index in [4.69, 9.17) is 42.1 Å². The topological polar surface area (TPSA) is 85.7 Å². The molecule has 2 fully saturated rings. The maximum Gasteiger partial charge on any atom is 0.184 e. The molecule has 0 aliphatic carbocycles. The molecular weight excluding hydrogens is 449 g/mol. The maximum absolute atomic E-state index is 9.19. The van der Waals surface area contributed by atoms with E-state index >= 15 is 0 Å². The zero-order valence-corrected chi connectivity index (χ0v) is 18.3. The average molecular weight is 468 g/mol. The maximum atomic E-state index is 9.19. The number of nitrogens with zero attached hydrogens (tertiary/aromatic N) is 3. The third-order valence-corrected chi connectivity index (χ3v) is 6.85. The van der Waals surface area contributed by atoms with E-state index in [1.165, 1.54) is 11.8 Å². The predicted molar refractivity (Wildman–Crippen MR) is 115 cm³/mol. The van der Waals surface area contributed by atoms with Crippen LogP contribution in [0.5, 0.6) is 0 Å². The van der Waals surface area contributed by atoms with E-state index in [-0.39, 0.29) is 0 Å². The molecular formula is C20H19Cl2N3O4S. The Morgan fingerprint density at radius 3 is 2.70 bits per heavy atom. The summed E-state index contributed by atoms with van der Waals surface area (Å²) in [6.07, 6.45) is -2.08. The highest BCUT2D eigenvalue weighted by molar-refractivity contribution is 8.00. The van der Waals surface area contributed by atoms with Gasteiger partial charge in [0.2, 0.25) is 0 Å². The highest BCUT2D eigenvalue weighted by Gasteiger charge is 2.50. The summed E-state index contributed by atoms with van der Waals surface area (Å²) in [4.78, 5) is 3.78. The van der Waals surface area contributed by atoms with Gasteiger partial charge in [0.25, 0.3) is 0 Å². The fraction of sp³-hybridized carbons (Fsp3) is 0.400. The molecule has 0 spiro atoms. The summed E-state index contributed by atoms with van der Waals surface area (Å²) < 4.78 is 24.0. The summed E-state index contributed by atoms with van der Waals surface area (Å²) in [6.45, 7) is 0.290. The molecule has 0 N–H and O–H groups in total. The molecule has 10 heteroatoms. The molecule has 3 unspecified atom stereocenters. The van der Waals surface area contributed by atoms with Crippen LogP contribution in [-0.2, 0) is 18.9 Å². The minimum absolute atomic E-state index is 0.290. The summed E-state index contributed by atoms with van der Waals surface area (Å²) in [6, 6.07) is 14.2. The normalized spacial score (nSPS) is 30.9. The predicted octanol–water partition coefficient (Wildman–Crippen LogP) is 5.62. The van der Waals surface area contributed by atoms with Crippen LogP contribution in [0.1, 0.15) is 11.9 Å². The lowest BCUT2D eigenvalue weighted by Gasteiger charge is -2.47. The summed E-state index contributed by atoms with van der Waals surface area (Å²) in [5, 5.41) is 5.11. The molecule has 30 heavy (non-hydrogen) atoms. The third kappa shape index (κ3) is 4.56. The van der Waals surface area contributed by atoms with Crippen molar-refractivity contribution in [3.8, 4) is 0 Å². The Hall–Kier alpha value is -1.48. The van der Waals surface area contributed by atoms with E-state index in [9.17, 15) is 5.53 Å². The van der Waals surface area contributed by atoms with Gasteiger partial charge in [-0.25, -0.2) is 0 Å². The van der Waals surface area contributed by atoms with Crippen molar-refractivity contribution < 1.29 is 18.9 Å². The van der Waals surface area contributed by atoms with Gasteiger partial charge in [-0.2, -0.15) is 0 Å². The number of halogens is 2. The number of hydrogen-bond donors (Lipinski definition) is 0. The summed E-state index contributed by atoms with van der Waals surface area (Å²) in [7, 11) is 1.55. The van der Waals surface area contributed by atoms with Gasteiger partial charge in [-0.15, -0.1) is 0 Å². The molecule has 6 atom stereocenters. The van der Waals surface area contributed by atoms with Crippen LogP contribution in [0.2, 0.25) is 10.0 Å². The van der Waals surface area contributed by atoms with Crippen molar-refractivity contribution >= 4 is 35.0 Å². The van der Waals surface area contributed by atoms with Crippen molar-refractivity contribution in [3.63, 3.8) is 0 Å². The number of ether oxygens (including phenoxy) is 4. The van der Waals surface area contributed by atoms with E-state index in [2.05, 4.69) is 10.0 Å². The van der Waals surface area contributed by atoms with Crippen molar-refractivity contribution in [3.05, 3.63) is 74.6 Å². The number of azide groups is 1. The van der Waals surface area contributed by atoms with Crippen LogP contribution in [0, 0.1) is 0 Å². The first-order chi connectivity index (χ1) is 14.6. The second-order valence-corrected chi connectivity index (χ2v) is 8.79. The van der Waals surface area contributed by atoms with Crippen LogP contribution in [-0.4, -0.2) is 43.5 Å². The Labute approximate surface area is 188 Å². The Morgan fingerprint density at radius 1 is 1.17 bits per heavy atom. The van der Waals surface area contributed by atoms with Gasteiger partial charge >= 0.3 is 0 Å².